The summed E-state index contributed by atoms with van der Waals surface area (Å²) in [5.41, 5.74) is 4.11. The molecule has 3 heteroatoms. The highest BCUT2D eigenvalue weighted by molar-refractivity contribution is 5.33. The summed E-state index contributed by atoms with van der Waals surface area (Å²) in [7, 11) is 3.91. The van der Waals surface area contributed by atoms with Crippen molar-refractivity contribution in [1.29, 1.82) is 0 Å². The minimum atomic E-state index is 0.386. The maximum Gasteiger partial charge on any atom is 0.0589 e. The molecular formula is C17H30N2O. The average Bonchev–Trinajstić information content (AvgIpc) is 2.44. The molecule has 1 rings (SSSR count). The normalized spacial score (nSPS) is 12.9. The number of hydrogen-bond donors (Lipinski definition) is 1. The summed E-state index contributed by atoms with van der Waals surface area (Å²) in [5.74, 6) is 0. The van der Waals surface area contributed by atoms with Gasteiger partial charge in [-0.1, -0.05) is 30.7 Å². The van der Waals surface area contributed by atoms with Gasteiger partial charge < -0.3 is 15.0 Å². The highest BCUT2D eigenvalue weighted by atomic mass is 16.5. The number of likely N-dealkylation sites (N-methyl/N-ethyl adjacent to an activating group) is 1. The summed E-state index contributed by atoms with van der Waals surface area (Å²) in [6.07, 6.45) is 1.16. The summed E-state index contributed by atoms with van der Waals surface area (Å²) < 4.78 is 5.16. The molecule has 0 bridgehead atoms. The fourth-order valence-electron chi connectivity index (χ4n) is 2.38. The Balaban J connectivity index is 2.79. The number of nitrogens with zero attached hydrogens (tertiary/aromatic N) is 1. The van der Waals surface area contributed by atoms with E-state index in [-0.39, 0.29) is 0 Å². The Kier molecular flexibility index (Phi) is 7.82. The zero-order chi connectivity index (χ0) is 15.0. The van der Waals surface area contributed by atoms with Crippen LogP contribution in [0.5, 0.6) is 0 Å². The number of hydrogen-bond acceptors (Lipinski definition) is 3. The summed E-state index contributed by atoms with van der Waals surface area (Å²) in [4.78, 5) is 2.33. The lowest BCUT2D eigenvalue weighted by Gasteiger charge is -2.26. The molecule has 0 aromatic heterocycles. The molecule has 0 aliphatic rings. The summed E-state index contributed by atoms with van der Waals surface area (Å²) in [6.45, 7) is 10.4. The van der Waals surface area contributed by atoms with E-state index in [0.717, 1.165) is 32.7 Å². The van der Waals surface area contributed by atoms with Gasteiger partial charge in [0.05, 0.1) is 6.61 Å². The van der Waals surface area contributed by atoms with Crippen molar-refractivity contribution in [3.05, 3.63) is 34.9 Å². The second-order valence-electron chi connectivity index (χ2n) is 5.62. The second kappa shape index (κ2) is 9.11. The van der Waals surface area contributed by atoms with Crippen molar-refractivity contribution in [3.63, 3.8) is 0 Å². The van der Waals surface area contributed by atoms with Crippen LogP contribution < -0.4 is 5.32 Å². The van der Waals surface area contributed by atoms with Crippen LogP contribution in [0.2, 0.25) is 0 Å². The van der Waals surface area contributed by atoms with E-state index in [1.54, 1.807) is 7.11 Å². The standard InChI is InChI=1S/C17H30N2O/c1-6-9-18-17(13-19(4)10-11-20-5)16-12-14(2)7-8-15(16)3/h7-8,12,17-18H,6,9-11,13H2,1-5H3. The van der Waals surface area contributed by atoms with Crippen LogP contribution >= 0.6 is 0 Å². The molecule has 1 N–H and O–H groups in total. The van der Waals surface area contributed by atoms with Gasteiger partial charge in [0.2, 0.25) is 0 Å². The lowest BCUT2D eigenvalue weighted by atomic mass is 9.98. The van der Waals surface area contributed by atoms with E-state index in [1.165, 1.54) is 16.7 Å². The first-order valence-electron chi connectivity index (χ1n) is 7.56. The van der Waals surface area contributed by atoms with Crippen molar-refractivity contribution in [2.45, 2.75) is 33.2 Å². The van der Waals surface area contributed by atoms with Gasteiger partial charge >= 0.3 is 0 Å². The quantitative estimate of drug-likeness (QED) is 0.751. The fourth-order valence-corrected chi connectivity index (χ4v) is 2.38. The number of methoxy groups -OCH3 is 1. The molecular weight excluding hydrogens is 248 g/mol. The molecule has 0 heterocycles. The molecule has 0 aliphatic heterocycles. The van der Waals surface area contributed by atoms with Crippen molar-refractivity contribution < 1.29 is 4.74 Å². The first-order chi connectivity index (χ1) is 9.58. The van der Waals surface area contributed by atoms with Gasteiger partial charge in [-0.2, -0.15) is 0 Å². The van der Waals surface area contributed by atoms with E-state index < -0.39 is 0 Å². The molecule has 20 heavy (non-hydrogen) atoms. The Morgan fingerprint density at radius 2 is 2.05 bits per heavy atom. The first-order valence-corrected chi connectivity index (χ1v) is 7.56. The maximum atomic E-state index is 5.16. The minimum Gasteiger partial charge on any atom is -0.383 e. The van der Waals surface area contributed by atoms with E-state index >= 15 is 0 Å². The Morgan fingerprint density at radius 3 is 2.70 bits per heavy atom. The minimum absolute atomic E-state index is 0.386. The lowest BCUT2D eigenvalue weighted by Crippen LogP contribution is -2.35. The number of ether oxygens (including phenoxy) is 1. The van der Waals surface area contributed by atoms with Gasteiger partial charge in [0.15, 0.2) is 0 Å². The zero-order valence-electron chi connectivity index (χ0n) is 13.7. The van der Waals surface area contributed by atoms with Crippen molar-refractivity contribution in [2.75, 3.05) is 40.4 Å². The largest absolute Gasteiger partial charge is 0.383 e. The van der Waals surface area contributed by atoms with Gasteiger partial charge in [0.1, 0.15) is 0 Å². The molecule has 0 spiro atoms. The molecule has 0 saturated heterocycles. The van der Waals surface area contributed by atoms with Crippen LogP contribution in [0.1, 0.15) is 36.1 Å². The van der Waals surface area contributed by atoms with Crippen LogP contribution in [0.3, 0.4) is 0 Å². The van der Waals surface area contributed by atoms with Crippen LogP contribution in [0, 0.1) is 13.8 Å². The third kappa shape index (κ3) is 5.61. The van der Waals surface area contributed by atoms with Crippen LogP contribution in [0.4, 0.5) is 0 Å². The van der Waals surface area contributed by atoms with Crippen molar-refractivity contribution in [1.82, 2.24) is 10.2 Å². The van der Waals surface area contributed by atoms with Crippen molar-refractivity contribution in [3.8, 4) is 0 Å². The molecule has 1 aromatic rings. The first kappa shape index (κ1) is 17.2. The summed E-state index contributed by atoms with van der Waals surface area (Å²) in [5, 5.41) is 3.68. The van der Waals surface area contributed by atoms with E-state index in [9.17, 15) is 0 Å². The zero-order valence-corrected chi connectivity index (χ0v) is 13.7. The molecule has 0 aliphatic carbocycles. The predicted octanol–water partition coefficient (Wildman–Crippen LogP) is 2.92. The SMILES string of the molecule is CCCNC(CN(C)CCOC)c1cc(C)ccc1C. The molecule has 0 amide bonds. The highest BCUT2D eigenvalue weighted by Crippen LogP contribution is 2.20. The van der Waals surface area contributed by atoms with E-state index in [0.29, 0.717) is 6.04 Å². The number of aryl methyl sites for hydroxylation is 2. The third-order valence-electron chi connectivity index (χ3n) is 3.62. The van der Waals surface area contributed by atoms with E-state index in [2.05, 4.69) is 56.2 Å². The van der Waals surface area contributed by atoms with Crippen molar-refractivity contribution in [2.24, 2.45) is 0 Å². The molecule has 1 atom stereocenters. The molecule has 114 valence electrons. The van der Waals surface area contributed by atoms with Crippen LogP contribution in [0.25, 0.3) is 0 Å². The Bertz CT molecular complexity index is 393. The number of nitrogens with one attached hydrogen (secondary N) is 1. The fraction of sp³-hybridized carbons (Fsp3) is 0.647. The van der Waals surface area contributed by atoms with Gasteiger partial charge in [-0.3, -0.25) is 0 Å². The van der Waals surface area contributed by atoms with Crippen LogP contribution in [0.15, 0.2) is 18.2 Å². The van der Waals surface area contributed by atoms with Gasteiger partial charge in [0.25, 0.3) is 0 Å². The topological polar surface area (TPSA) is 24.5 Å². The third-order valence-corrected chi connectivity index (χ3v) is 3.62. The maximum absolute atomic E-state index is 5.16. The molecule has 3 nitrogen and oxygen atoms in total. The van der Waals surface area contributed by atoms with E-state index in [4.69, 9.17) is 4.74 Å². The number of rotatable bonds is 9. The lowest BCUT2D eigenvalue weighted by molar-refractivity contribution is 0.155. The van der Waals surface area contributed by atoms with Gasteiger partial charge in [-0.15, -0.1) is 0 Å². The smallest absolute Gasteiger partial charge is 0.0589 e. The Labute approximate surface area is 124 Å². The second-order valence-corrected chi connectivity index (χ2v) is 5.62. The van der Waals surface area contributed by atoms with Crippen LogP contribution in [-0.2, 0) is 4.74 Å². The van der Waals surface area contributed by atoms with Crippen LogP contribution in [-0.4, -0.2) is 45.3 Å². The molecule has 0 radical (unpaired) electrons. The summed E-state index contributed by atoms with van der Waals surface area (Å²) in [6, 6.07) is 7.11. The van der Waals surface area contributed by atoms with Gasteiger partial charge in [-0.25, -0.2) is 0 Å². The molecule has 0 saturated carbocycles. The van der Waals surface area contributed by atoms with Gasteiger partial charge in [0, 0.05) is 26.2 Å². The molecule has 0 fully saturated rings. The van der Waals surface area contributed by atoms with E-state index in [1.807, 2.05) is 0 Å². The predicted molar refractivity (Wildman–Crippen MR) is 86.3 cm³/mol. The monoisotopic (exact) mass is 278 g/mol. The molecule has 1 aromatic carbocycles. The summed E-state index contributed by atoms with van der Waals surface area (Å²) >= 11 is 0. The van der Waals surface area contributed by atoms with Gasteiger partial charge in [-0.05, 0) is 45.0 Å². The molecule has 1 unspecified atom stereocenters. The number of benzene rings is 1. The average molecular weight is 278 g/mol. The Hall–Kier alpha value is -0.900. The highest BCUT2D eigenvalue weighted by Gasteiger charge is 2.15. The van der Waals surface area contributed by atoms with Crippen molar-refractivity contribution >= 4 is 0 Å². The Morgan fingerprint density at radius 1 is 1.30 bits per heavy atom.